The monoisotopic (exact) mass is 392 g/mol. The van der Waals surface area contributed by atoms with Crippen molar-refractivity contribution in [1.29, 1.82) is 0 Å². The number of aryl methyl sites for hydroxylation is 1. The van der Waals surface area contributed by atoms with Crippen LogP contribution in [0.25, 0.3) is 0 Å². The average molecular weight is 393 g/mol. The highest BCUT2D eigenvalue weighted by Crippen LogP contribution is 2.17. The molecule has 0 radical (unpaired) electrons. The van der Waals surface area contributed by atoms with Gasteiger partial charge in [-0.15, -0.1) is 11.8 Å². The lowest BCUT2D eigenvalue weighted by atomic mass is 10.2. The molecule has 2 amide bonds. The molecule has 0 saturated carbocycles. The molecule has 0 bridgehead atoms. The molecule has 1 heterocycles. The van der Waals surface area contributed by atoms with Crippen molar-refractivity contribution in [2.24, 2.45) is 0 Å². The molecule has 142 valence electrons. The topological polar surface area (TPSA) is 62.1 Å². The standard InChI is InChI=1S/C22H21N3O2S/c1-16-5-7-18(8-6-16)23-21(26)15-25-13-3-4-17(14-25)22(27)24-19-9-11-20(28-2)12-10-19/h3-14H,15H2,1-2H3,(H-,23,24,26,27)/p+1. The van der Waals surface area contributed by atoms with Crippen molar-refractivity contribution in [1.82, 2.24) is 0 Å². The van der Waals surface area contributed by atoms with Gasteiger partial charge in [0.05, 0.1) is 0 Å². The number of aromatic nitrogens is 1. The minimum Gasteiger partial charge on any atom is -0.322 e. The van der Waals surface area contributed by atoms with Gasteiger partial charge >= 0.3 is 0 Å². The first-order chi connectivity index (χ1) is 13.5. The van der Waals surface area contributed by atoms with Crippen LogP contribution in [0.3, 0.4) is 0 Å². The summed E-state index contributed by atoms with van der Waals surface area (Å²) in [5.41, 5.74) is 3.10. The van der Waals surface area contributed by atoms with Crippen LogP contribution in [-0.2, 0) is 11.3 Å². The summed E-state index contributed by atoms with van der Waals surface area (Å²) in [6.45, 7) is 2.12. The predicted octanol–water partition coefficient (Wildman–Crippen LogP) is 3.90. The third-order valence-corrected chi connectivity index (χ3v) is 4.87. The van der Waals surface area contributed by atoms with Crippen molar-refractivity contribution in [3.63, 3.8) is 0 Å². The van der Waals surface area contributed by atoms with E-state index in [9.17, 15) is 9.59 Å². The molecule has 1 aromatic heterocycles. The van der Waals surface area contributed by atoms with E-state index in [-0.39, 0.29) is 18.4 Å². The summed E-state index contributed by atoms with van der Waals surface area (Å²) < 4.78 is 1.69. The fraction of sp³-hybridized carbons (Fsp3) is 0.136. The zero-order valence-corrected chi connectivity index (χ0v) is 16.6. The van der Waals surface area contributed by atoms with Crippen LogP contribution < -0.4 is 15.2 Å². The van der Waals surface area contributed by atoms with E-state index in [1.807, 2.05) is 61.7 Å². The van der Waals surface area contributed by atoms with Gasteiger partial charge in [-0.3, -0.25) is 9.59 Å². The van der Waals surface area contributed by atoms with E-state index in [0.29, 0.717) is 5.56 Å². The molecule has 2 aromatic carbocycles. The Morgan fingerprint density at radius 1 is 0.929 bits per heavy atom. The van der Waals surface area contributed by atoms with E-state index < -0.39 is 0 Å². The van der Waals surface area contributed by atoms with Crippen LogP contribution in [-0.4, -0.2) is 18.1 Å². The van der Waals surface area contributed by atoms with Crippen molar-refractivity contribution in [3.8, 4) is 0 Å². The number of carbonyl (C=O) groups is 2. The fourth-order valence-corrected chi connectivity index (χ4v) is 3.04. The number of anilines is 2. The number of nitrogens with one attached hydrogen (secondary N) is 2. The molecular weight excluding hydrogens is 370 g/mol. The number of pyridine rings is 1. The van der Waals surface area contributed by atoms with Crippen molar-refractivity contribution in [3.05, 3.63) is 84.2 Å². The van der Waals surface area contributed by atoms with E-state index in [1.54, 1.807) is 40.9 Å². The van der Waals surface area contributed by atoms with Crippen LogP contribution in [0.1, 0.15) is 15.9 Å². The molecule has 3 aromatic rings. The van der Waals surface area contributed by atoms with E-state index in [1.165, 1.54) is 0 Å². The Hall–Kier alpha value is -3.12. The molecule has 0 fully saturated rings. The highest BCUT2D eigenvalue weighted by molar-refractivity contribution is 7.98. The minimum absolute atomic E-state index is 0.122. The van der Waals surface area contributed by atoms with E-state index >= 15 is 0 Å². The third-order valence-electron chi connectivity index (χ3n) is 4.13. The summed E-state index contributed by atoms with van der Waals surface area (Å²) in [4.78, 5) is 25.9. The van der Waals surface area contributed by atoms with Crippen molar-refractivity contribution < 1.29 is 14.2 Å². The number of amides is 2. The molecule has 0 atom stereocenters. The van der Waals surface area contributed by atoms with Gasteiger partial charge in [0.1, 0.15) is 5.56 Å². The van der Waals surface area contributed by atoms with E-state index in [0.717, 1.165) is 21.8 Å². The predicted molar refractivity (Wildman–Crippen MR) is 113 cm³/mol. The van der Waals surface area contributed by atoms with E-state index in [4.69, 9.17) is 0 Å². The Balaban J connectivity index is 1.62. The first kappa shape index (κ1) is 19.6. The summed E-state index contributed by atoms with van der Waals surface area (Å²) in [5.74, 6) is -0.371. The smallest absolute Gasteiger partial charge is 0.290 e. The second kappa shape index (κ2) is 9.19. The van der Waals surface area contributed by atoms with Gasteiger partial charge in [-0.2, -0.15) is 4.57 Å². The lowest BCUT2D eigenvalue weighted by Crippen LogP contribution is -2.40. The molecule has 0 aliphatic carbocycles. The number of hydrogen-bond acceptors (Lipinski definition) is 3. The van der Waals surface area contributed by atoms with Crippen LogP contribution >= 0.6 is 11.8 Å². The number of carbonyl (C=O) groups excluding carboxylic acids is 2. The summed E-state index contributed by atoms with van der Waals surface area (Å²) >= 11 is 1.65. The maximum Gasteiger partial charge on any atom is 0.290 e. The van der Waals surface area contributed by atoms with Gasteiger partial charge in [0.15, 0.2) is 12.4 Å². The Bertz CT molecular complexity index is 970. The van der Waals surface area contributed by atoms with Crippen LogP contribution in [0, 0.1) is 6.92 Å². The molecule has 0 aliphatic heterocycles. The third kappa shape index (κ3) is 5.44. The van der Waals surface area contributed by atoms with Crippen LogP contribution in [0.15, 0.2) is 78.0 Å². The highest BCUT2D eigenvalue weighted by atomic mass is 32.2. The van der Waals surface area contributed by atoms with Crippen LogP contribution in [0.4, 0.5) is 11.4 Å². The Morgan fingerprint density at radius 3 is 2.25 bits per heavy atom. The number of benzene rings is 2. The molecule has 0 aliphatic rings. The highest BCUT2D eigenvalue weighted by Gasteiger charge is 2.14. The maximum atomic E-state index is 12.5. The largest absolute Gasteiger partial charge is 0.322 e. The summed E-state index contributed by atoms with van der Waals surface area (Å²) in [5, 5.41) is 5.73. The molecular formula is C22H22N3O2S+. The maximum absolute atomic E-state index is 12.5. The number of hydrogen-bond donors (Lipinski definition) is 2. The summed E-state index contributed by atoms with van der Waals surface area (Å²) in [7, 11) is 0. The molecule has 2 N–H and O–H groups in total. The lowest BCUT2D eigenvalue weighted by Gasteiger charge is -2.06. The van der Waals surface area contributed by atoms with Gasteiger partial charge in [0, 0.05) is 22.3 Å². The van der Waals surface area contributed by atoms with Gasteiger partial charge in [0.25, 0.3) is 11.8 Å². The van der Waals surface area contributed by atoms with Gasteiger partial charge in [-0.1, -0.05) is 17.7 Å². The number of rotatable bonds is 6. The molecule has 0 saturated heterocycles. The zero-order valence-electron chi connectivity index (χ0n) is 15.8. The normalized spacial score (nSPS) is 10.4. The van der Waals surface area contributed by atoms with Gasteiger partial charge in [-0.05, 0) is 55.6 Å². The molecule has 6 heteroatoms. The van der Waals surface area contributed by atoms with Gasteiger partial charge in [-0.25, -0.2) is 0 Å². The number of thioether (sulfide) groups is 1. The van der Waals surface area contributed by atoms with Crippen molar-refractivity contribution in [2.45, 2.75) is 18.4 Å². The number of nitrogens with zero attached hydrogens (tertiary/aromatic N) is 1. The Morgan fingerprint density at radius 2 is 1.57 bits per heavy atom. The van der Waals surface area contributed by atoms with Crippen molar-refractivity contribution >= 4 is 35.0 Å². The SMILES string of the molecule is CSc1ccc(NC(=O)c2ccc[n+](CC(=O)Nc3ccc(C)cc3)c2)cc1. The minimum atomic E-state index is -0.217. The van der Waals surface area contributed by atoms with Crippen molar-refractivity contribution in [2.75, 3.05) is 16.9 Å². The van der Waals surface area contributed by atoms with Gasteiger partial charge < -0.3 is 10.6 Å². The first-order valence-electron chi connectivity index (χ1n) is 8.84. The Labute approximate surface area is 168 Å². The Kier molecular flexibility index (Phi) is 6.45. The summed E-state index contributed by atoms with van der Waals surface area (Å²) in [6, 6.07) is 18.8. The molecule has 0 spiro atoms. The van der Waals surface area contributed by atoms with E-state index in [2.05, 4.69) is 10.6 Å². The molecule has 5 nitrogen and oxygen atoms in total. The molecule has 3 rings (SSSR count). The second-order valence-electron chi connectivity index (χ2n) is 6.36. The van der Waals surface area contributed by atoms with Gasteiger partial charge in [0.2, 0.25) is 6.54 Å². The molecule has 28 heavy (non-hydrogen) atoms. The summed E-state index contributed by atoms with van der Waals surface area (Å²) in [6.07, 6.45) is 5.43. The van der Waals surface area contributed by atoms with Crippen LogP contribution in [0.2, 0.25) is 0 Å². The second-order valence-corrected chi connectivity index (χ2v) is 7.24. The lowest BCUT2D eigenvalue weighted by molar-refractivity contribution is -0.684. The quantitative estimate of drug-likeness (QED) is 0.494. The first-order valence-corrected chi connectivity index (χ1v) is 10.1. The fourth-order valence-electron chi connectivity index (χ4n) is 2.64. The zero-order chi connectivity index (χ0) is 19.9. The molecule has 0 unspecified atom stereocenters. The van der Waals surface area contributed by atoms with Crippen LogP contribution in [0.5, 0.6) is 0 Å². The average Bonchev–Trinajstić information content (AvgIpc) is 2.70.